The van der Waals surface area contributed by atoms with E-state index in [9.17, 15) is 13.9 Å². The lowest BCUT2D eigenvalue weighted by Gasteiger charge is -2.40. The molecule has 0 saturated heterocycles. The fraction of sp³-hybridized carbons (Fsp3) is 0.333. The Kier molecular flexibility index (Phi) is 5.31. The molecule has 32 heavy (non-hydrogen) atoms. The van der Waals surface area contributed by atoms with E-state index in [4.69, 9.17) is 4.98 Å². The van der Waals surface area contributed by atoms with Crippen LogP contribution in [0.1, 0.15) is 18.3 Å². The summed E-state index contributed by atoms with van der Waals surface area (Å²) < 4.78 is 32.0. The summed E-state index contributed by atoms with van der Waals surface area (Å²) >= 11 is 1.61. The molecule has 0 aliphatic carbocycles. The number of hydrogen-bond acceptors (Lipinski definition) is 5. The van der Waals surface area contributed by atoms with Crippen LogP contribution in [0.5, 0.6) is 0 Å². The Bertz CT molecular complexity index is 1210. The first-order chi connectivity index (χ1) is 15.4. The van der Waals surface area contributed by atoms with E-state index in [0.29, 0.717) is 19.6 Å². The number of nitrogens with one attached hydrogen (secondary N) is 2. The average Bonchev–Trinajstić information content (AvgIpc) is 3.53. The number of rotatable bonds is 6. The monoisotopic (exact) mass is 459 g/mol. The van der Waals surface area contributed by atoms with Crippen LogP contribution in [-0.2, 0) is 25.2 Å². The number of hydrogen-bond donors (Lipinski definition) is 3. The van der Waals surface area contributed by atoms with Gasteiger partial charge in [-0.1, -0.05) is 12.1 Å². The molecule has 11 heteroatoms. The van der Waals surface area contributed by atoms with E-state index in [-0.39, 0.29) is 12.1 Å². The summed E-state index contributed by atoms with van der Waals surface area (Å²) in [6.07, 6.45) is 3.00. The van der Waals surface area contributed by atoms with Crippen molar-refractivity contribution < 1.29 is 23.3 Å². The van der Waals surface area contributed by atoms with Gasteiger partial charge in [-0.05, 0) is 34.4 Å². The van der Waals surface area contributed by atoms with Crippen molar-refractivity contribution >= 4 is 11.3 Å². The number of aliphatic hydroxyl groups is 1. The Morgan fingerprint density at radius 3 is 2.94 bits per heavy atom. The van der Waals surface area contributed by atoms with Gasteiger partial charge in [-0.25, -0.2) is 8.78 Å². The summed E-state index contributed by atoms with van der Waals surface area (Å²) in [6, 6.07) is 6.76. The Labute approximate surface area is 186 Å². The lowest BCUT2D eigenvalue weighted by Crippen LogP contribution is -2.61. The summed E-state index contributed by atoms with van der Waals surface area (Å²) in [6.45, 7) is 3.62. The smallest absolute Gasteiger partial charge is 0.333 e. The van der Waals surface area contributed by atoms with Crippen LogP contribution >= 0.6 is 11.3 Å². The summed E-state index contributed by atoms with van der Waals surface area (Å²) in [4.78, 5) is 11.8. The van der Waals surface area contributed by atoms with Gasteiger partial charge in [0.15, 0.2) is 0 Å². The van der Waals surface area contributed by atoms with E-state index in [1.165, 1.54) is 24.8 Å². The van der Waals surface area contributed by atoms with Crippen LogP contribution in [0.2, 0.25) is 0 Å². The second-order valence-electron chi connectivity index (χ2n) is 7.96. The molecular formula is C21H23F2N7OS+2. The summed E-state index contributed by atoms with van der Waals surface area (Å²) in [5, 5.41) is 20.1. The van der Waals surface area contributed by atoms with Crippen molar-refractivity contribution in [3.8, 4) is 10.7 Å². The predicted octanol–water partition coefficient (Wildman–Crippen LogP) is 1.51. The molecule has 5 rings (SSSR count). The van der Waals surface area contributed by atoms with Crippen molar-refractivity contribution in [1.82, 2.24) is 25.1 Å². The van der Waals surface area contributed by atoms with Crippen LogP contribution in [-0.4, -0.2) is 42.8 Å². The third-order valence-electron chi connectivity index (χ3n) is 6.06. The molecule has 2 atom stereocenters. The van der Waals surface area contributed by atoms with Gasteiger partial charge in [-0.3, -0.25) is 4.90 Å². The van der Waals surface area contributed by atoms with Crippen molar-refractivity contribution in [2.24, 2.45) is 0 Å². The Hall–Kier alpha value is -3.02. The number of fused-ring (bicyclic) bond motifs is 1. The first-order valence-electron chi connectivity index (χ1n) is 10.3. The van der Waals surface area contributed by atoms with Gasteiger partial charge in [0.05, 0.1) is 4.88 Å². The van der Waals surface area contributed by atoms with E-state index in [1.807, 2.05) is 29.1 Å². The number of thiophene rings is 1. The van der Waals surface area contributed by atoms with Crippen LogP contribution in [0, 0.1) is 11.6 Å². The van der Waals surface area contributed by atoms with Gasteiger partial charge >= 0.3 is 12.2 Å². The fourth-order valence-electron chi connectivity index (χ4n) is 4.24. The zero-order valence-electron chi connectivity index (χ0n) is 17.4. The molecule has 0 spiro atoms. The summed E-state index contributed by atoms with van der Waals surface area (Å²) in [5.41, 5.74) is -1.61. The number of nitrogens with zero attached hydrogens (tertiary/aromatic N) is 5. The molecule has 0 bridgehead atoms. The highest BCUT2D eigenvalue weighted by molar-refractivity contribution is 7.13. The third-order valence-corrected chi connectivity index (χ3v) is 6.93. The van der Waals surface area contributed by atoms with Gasteiger partial charge in [0.25, 0.3) is 5.82 Å². The lowest BCUT2D eigenvalue weighted by atomic mass is 9.85. The molecule has 166 valence electrons. The van der Waals surface area contributed by atoms with Crippen molar-refractivity contribution in [1.29, 1.82) is 0 Å². The maximum atomic E-state index is 14.8. The molecule has 1 aliphatic heterocycles. The highest BCUT2D eigenvalue weighted by atomic mass is 32.1. The molecule has 4 aromatic rings. The van der Waals surface area contributed by atoms with Gasteiger partial charge in [-0.2, -0.15) is 19.6 Å². The molecular weight excluding hydrogens is 436 g/mol. The first kappa shape index (κ1) is 20.9. The molecule has 1 aromatic carbocycles. The van der Waals surface area contributed by atoms with Crippen molar-refractivity contribution in [2.45, 2.75) is 38.2 Å². The maximum Gasteiger partial charge on any atom is 0.333 e. The summed E-state index contributed by atoms with van der Waals surface area (Å²) in [7, 11) is 0. The molecule has 4 heterocycles. The van der Waals surface area contributed by atoms with E-state index < -0.39 is 23.3 Å². The Morgan fingerprint density at radius 2 is 2.22 bits per heavy atom. The van der Waals surface area contributed by atoms with E-state index >= 15 is 0 Å². The van der Waals surface area contributed by atoms with Crippen molar-refractivity contribution in [2.75, 3.05) is 6.54 Å². The quantitative estimate of drug-likeness (QED) is 0.382. The summed E-state index contributed by atoms with van der Waals surface area (Å²) in [5.74, 6) is 0.165. The van der Waals surface area contributed by atoms with Crippen LogP contribution < -0.4 is 9.36 Å². The molecule has 8 nitrogen and oxygen atoms in total. The number of H-pyrrole nitrogens is 2. The first-order valence-corrected chi connectivity index (χ1v) is 11.1. The van der Waals surface area contributed by atoms with Crippen LogP contribution in [0.4, 0.5) is 8.78 Å². The predicted molar refractivity (Wildman–Crippen MR) is 111 cm³/mol. The Balaban J connectivity index is 1.47. The standard InChI is InChI=1S/C21H21F2N7OS/c1-14(28-6-7-30-19(10-28)26-20(27-30)18-3-2-8-32-18)21(31,11-29-13-24-12-25-29)16-5-4-15(22)9-17(16)23/h2-5,8-9,12-14,31H,6-7,10-11H2,1H3/p+2/t14-,21-/m1/s1. The minimum Gasteiger partial charge on any atom is -0.379 e. The average molecular weight is 460 g/mol. The number of benzene rings is 1. The minimum atomic E-state index is -1.65. The van der Waals surface area contributed by atoms with Crippen LogP contribution in [0.15, 0.2) is 48.4 Å². The van der Waals surface area contributed by atoms with Crippen LogP contribution in [0.25, 0.3) is 10.7 Å². The highest BCUT2D eigenvalue weighted by Gasteiger charge is 2.45. The molecule has 3 aromatic heterocycles. The van der Waals surface area contributed by atoms with E-state index in [0.717, 1.165) is 22.6 Å². The second kappa shape index (κ2) is 8.15. The van der Waals surface area contributed by atoms with Crippen molar-refractivity contribution in [3.05, 3.63) is 71.4 Å². The largest absolute Gasteiger partial charge is 0.379 e. The molecule has 0 unspecified atom stereocenters. The lowest BCUT2D eigenvalue weighted by molar-refractivity contribution is -0.768. The molecule has 0 radical (unpaired) electrons. The van der Waals surface area contributed by atoms with E-state index in [1.54, 1.807) is 16.0 Å². The molecule has 0 saturated carbocycles. The normalized spacial score (nSPS) is 17.1. The number of halogens is 2. The molecule has 3 N–H and O–H groups in total. The molecule has 1 aliphatic rings. The topological polar surface area (TPSA) is 88.6 Å². The molecule has 0 amide bonds. The third kappa shape index (κ3) is 3.72. The minimum absolute atomic E-state index is 0.0221. The van der Waals surface area contributed by atoms with Gasteiger partial charge < -0.3 is 5.11 Å². The van der Waals surface area contributed by atoms with E-state index in [2.05, 4.69) is 20.1 Å². The number of aromatic amines is 2. The second-order valence-corrected chi connectivity index (χ2v) is 8.91. The van der Waals surface area contributed by atoms with Gasteiger partial charge in [-0.15, -0.1) is 11.3 Å². The molecule has 0 fully saturated rings. The zero-order valence-corrected chi connectivity index (χ0v) is 18.2. The number of aromatic nitrogens is 6. The Morgan fingerprint density at radius 1 is 1.34 bits per heavy atom. The zero-order chi connectivity index (χ0) is 22.3. The van der Waals surface area contributed by atoms with Gasteiger partial charge in [0.2, 0.25) is 6.33 Å². The van der Waals surface area contributed by atoms with Crippen LogP contribution in [0.3, 0.4) is 0 Å². The SMILES string of the molecule is C[C@@H](N1CC[n+]2[nH]c(-c3cccs3)nc2C1)[C@](O)(C[n+]1cnc[nH]1)c1ccc(F)cc1F. The van der Waals surface area contributed by atoms with Crippen molar-refractivity contribution in [3.63, 3.8) is 0 Å². The fourth-order valence-corrected chi connectivity index (χ4v) is 4.91. The van der Waals surface area contributed by atoms with Gasteiger partial charge in [0, 0.05) is 24.2 Å². The van der Waals surface area contributed by atoms with Gasteiger partial charge in [0.1, 0.15) is 36.9 Å². The maximum absolute atomic E-state index is 14.8. The highest BCUT2D eigenvalue weighted by Crippen LogP contribution is 2.32.